The average molecular weight is 609 g/mol. The van der Waals surface area contributed by atoms with Gasteiger partial charge in [0.05, 0.1) is 0 Å². The van der Waals surface area contributed by atoms with Crippen molar-refractivity contribution in [3.05, 3.63) is 189 Å². The molecule has 7 rings (SSSR count). The van der Waals surface area contributed by atoms with E-state index in [1.165, 1.54) is 83.5 Å². The summed E-state index contributed by atoms with van der Waals surface area (Å²) >= 11 is 0. The Hall–Kier alpha value is -4.16. The fourth-order valence-electron chi connectivity index (χ4n) is 7.08. The maximum Gasteiger partial charge on any atom is -0.00228 e. The van der Waals surface area contributed by atoms with Crippen LogP contribution in [0.5, 0.6) is 0 Å². The van der Waals surface area contributed by atoms with Gasteiger partial charge in [-0.05, 0) is 118 Å². The summed E-state index contributed by atoms with van der Waals surface area (Å²) in [6.07, 6.45) is 8.02. The van der Waals surface area contributed by atoms with E-state index in [-0.39, 0.29) is 0 Å². The molecule has 0 atom stereocenters. The number of allylic oxidation sites excluding steroid dienone is 9. The minimum absolute atomic E-state index is 0.939. The number of hydrogen-bond acceptors (Lipinski definition) is 0. The fraction of sp³-hybridized carbons (Fsp3) is 0.304. The van der Waals surface area contributed by atoms with E-state index in [2.05, 4.69) is 106 Å². The van der Waals surface area contributed by atoms with Gasteiger partial charge in [-0.25, -0.2) is 0 Å². The van der Waals surface area contributed by atoms with Crippen molar-refractivity contribution in [2.45, 2.75) is 92.9 Å². The van der Waals surface area contributed by atoms with E-state index in [0.717, 1.165) is 51.4 Å². The van der Waals surface area contributed by atoms with Crippen LogP contribution in [0, 0.1) is 0 Å². The van der Waals surface area contributed by atoms with Gasteiger partial charge in [0.15, 0.2) is 0 Å². The first-order valence-electron chi connectivity index (χ1n) is 17.4. The molecule has 0 N–H and O–H groups in total. The zero-order valence-electron chi connectivity index (χ0n) is 29.6. The van der Waals surface area contributed by atoms with Crippen molar-refractivity contribution in [2.75, 3.05) is 0 Å². The van der Waals surface area contributed by atoms with E-state index in [4.69, 9.17) is 0 Å². The smallest absolute Gasteiger partial charge is 0.00228 e. The Balaban J connectivity index is 0.000000219. The molecule has 0 aromatic heterocycles. The summed E-state index contributed by atoms with van der Waals surface area (Å²) < 4.78 is 0. The highest BCUT2D eigenvalue weighted by molar-refractivity contribution is 5.59. The molecule has 0 aliphatic heterocycles. The van der Waals surface area contributed by atoms with E-state index >= 15 is 0 Å². The van der Waals surface area contributed by atoms with Gasteiger partial charge in [-0.15, -0.1) is 0 Å². The van der Waals surface area contributed by atoms with Crippen LogP contribution in [0.3, 0.4) is 0 Å². The van der Waals surface area contributed by atoms with E-state index in [0.29, 0.717) is 0 Å². The second-order valence-electron chi connectivity index (χ2n) is 11.8. The Kier molecular flexibility index (Phi) is 13.8. The highest BCUT2D eigenvalue weighted by Crippen LogP contribution is 2.40. The van der Waals surface area contributed by atoms with E-state index in [1.54, 1.807) is 0 Å². The van der Waals surface area contributed by atoms with Gasteiger partial charge in [0.1, 0.15) is 0 Å². The normalized spacial score (nSPS) is 16.3. The fourth-order valence-corrected chi connectivity index (χ4v) is 7.08. The van der Waals surface area contributed by atoms with Crippen LogP contribution in [-0.2, 0) is 38.5 Å². The summed E-state index contributed by atoms with van der Waals surface area (Å²) in [5, 5.41) is 0. The van der Waals surface area contributed by atoms with E-state index in [1.807, 2.05) is 41.5 Å². The van der Waals surface area contributed by atoms with Crippen LogP contribution in [0.1, 0.15) is 87.8 Å². The van der Waals surface area contributed by atoms with Crippen LogP contribution in [0.4, 0.5) is 0 Å². The van der Waals surface area contributed by atoms with Crippen molar-refractivity contribution >= 4 is 0 Å². The highest BCUT2D eigenvalue weighted by atomic mass is 14.3. The number of benzene rings is 3. The molecule has 0 nitrogen and oxygen atoms in total. The van der Waals surface area contributed by atoms with Gasteiger partial charge < -0.3 is 0 Å². The van der Waals surface area contributed by atoms with Crippen LogP contribution < -0.4 is 0 Å². The van der Waals surface area contributed by atoms with Gasteiger partial charge in [-0.3, -0.25) is 0 Å². The molecule has 0 heterocycles. The molecule has 0 spiro atoms. The van der Waals surface area contributed by atoms with Crippen LogP contribution in [-0.4, -0.2) is 0 Å². The third-order valence-corrected chi connectivity index (χ3v) is 8.83. The predicted molar refractivity (Wildman–Crippen MR) is 205 cm³/mol. The van der Waals surface area contributed by atoms with Gasteiger partial charge in [0.2, 0.25) is 0 Å². The van der Waals surface area contributed by atoms with Gasteiger partial charge in [0.25, 0.3) is 0 Å². The molecule has 0 heteroatoms. The van der Waals surface area contributed by atoms with Crippen molar-refractivity contribution in [2.24, 2.45) is 0 Å². The average Bonchev–Trinajstić information content (AvgIpc) is 3.66. The molecule has 240 valence electrons. The monoisotopic (exact) mass is 608 g/mol. The molecule has 4 aliphatic rings. The van der Waals surface area contributed by atoms with Gasteiger partial charge in [-0.1, -0.05) is 164 Å². The van der Waals surface area contributed by atoms with E-state index in [9.17, 15) is 0 Å². The number of rotatable bonds is 0. The van der Waals surface area contributed by atoms with Crippen LogP contribution in [0.2, 0.25) is 0 Å². The largest absolute Gasteiger partial charge is 0.0992 e. The molecule has 0 amide bonds. The maximum absolute atomic E-state index is 4.39. The van der Waals surface area contributed by atoms with Crippen LogP contribution >= 0.6 is 0 Å². The van der Waals surface area contributed by atoms with Crippen LogP contribution in [0.25, 0.3) is 0 Å². The Morgan fingerprint density at radius 2 is 0.543 bits per heavy atom. The number of hydrogen-bond donors (Lipinski definition) is 0. The Bertz CT molecular complexity index is 1550. The Labute approximate surface area is 281 Å². The first-order chi connectivity index (χ1) is 22.4. The maximum atomic E-state index is 4.39. The molecule has 0 saturated heterocycles. The molecule has 3 aromatic carbocycles. The molecule has 0 unspecified atom stereocenters. The lowest BCUT2D eigenvalue weighted by atomic mass is 9.81. The van der Waals surface area contributed by atoms with Crippen molar-refractivity contribution in [1.82, 2.24) is 0 Å². The number of fused-ring (bicyclic) bond motifs is 3. The molecule has 0 bridgehead atoms. The highest BCUT2D eigenvalue weighted by Gasteiger charge is 2.25. The molecule has 0 radical (unpaired) electrons. The van der Waals surface area contributed by atoms with E-state index < -0.39 is 0 Å². The third kappa shape index (κ3) is 8.35. The third-order valence-electron chi connectivity index (χ3n) is 8.83. The molecule has 1 saturated carbocycles. The Morgan fingerprint density at radius 1 is 0.326 bits per heavy atom. The minimum atomic E-state index is 0.939. The summed E-state index contributed by atoms with van der Waals surface area (Å²) in [4.78, 5) is 0. The summed E-state index contributed by atoms with van der Waals surface area (Å²) in [5.41, 5.74) is 20.5. The van der Waals surface area contributed by atoms with Crippen molar-refractivity contribution in [1.29, 1.82) is 0 Å². The summed E-state index contributed by atoms with van der Waals surface area (Å²) in [6.45, 7) is 33.3. The molecular formula is C46H56. The molecule has 1 fully saturated rings. The molecule has 3 aromatic rings. The predicted octanol–water partition coefficient (Wildman–Crippen LogP) is 12.6. The molecular weight excluding hydrogens is 553 g/mol. The SMILES string of the molecule is C=C1CC(=C)C(=C2Cc3ccccc3C2)C(=C)C1.C=C1Cc2ccccc2CC(=C)C1=C1Cc2ccccc2C1.CC.CC.CC. The van der Waals surface area contributed by atoms with Gasteiger partial charge in [-0.2, -0.15) is 0 Å². The standard InChI is InChI=1S/C22H20.C18H18.3C2H6/c1-15-11-17-7-3-4-8-18(17)12-16(2)22(15)21-13-19-9-5-6-10-20(19)14-21;1-12-8-13(2)18(14(3)9-12)17-10-15-6-4-5-7-16(15)11-17;3*1-2/h3-10H,1-2,11-14H2;4-7H,1-3,8-11H2;3*1-2H3. The van der Waals surface area contributed by atoms with Crippen molar-refractivity contribution in [3.8, 4) is 0 Å². The molecule has 4 aliphatic carbocycles. The lowest BCUT2D eigenvalue weighted by molar-refractivity contribution is 0.944. The lowest BCUT2D eigenvalue weighted by Gasteiger charge is -2.24. The zero-order chi connectivity index (χ0) is 33.8. The van der Waals surface area contributed by atoms with Gasteiger partial charge >= 0.3 is 0 Å². The molecule has 46 heavy (non-hydrogen) atoms. The van der Waals surface area contributed by atoms with Gasteiger partial charge in [0, 0.05) is 0 Å². The topological polar surface area (TPSA) is 0 Å². The first-order valence-corrected chi connectivity index (χ1v) is 17.4. The first kappa shape index (κ1) is 36.3. The minimum Gasteiger partial charge on any atom is -0.0992 e. The van der Waals surface area contributed by atoms with Crippen molar-refractivity contribution in [3.63, 3.8) is 0 Å². The summed E-state index contributed by atoms with van der Waals surface area (Å²) in [5.74, 6) is 0. The van der Waals surface area contributed by atoms with Crippen LogP contribution in [0.15, 0.2) is 156 Å². The Morgan fingerprint density at radius 3 is 0.804 bits per heavy atom. The second-order valence-corrected chi connectivity index (χ2v) is 11.8. The quantitative estimate of drug-likeness (QED) is 0.176. The zero-order valence-corrected chi connectivity index (χ0v) is 29.6. The second kappa shape index (κ2) is 17.5. The summed E-state index contributed by atoms with van der Waals surface area (Å²) in [7, 11) is 0. The summed E-state index contributed by atoms with van der Waals surface area (Å²) in [6, 6.07) is 26.2. The lowest BCUT2D eigenvalue weighted by Crippen LogP contribution is -2.06. The van der Waals surface area contributed by atoms with Crippen molar-refractivity contribution < 1.29 is 0 Å².